The highest BCUT2D eigenvalue weighted by molar-refractivity contribution is 7.10. The first-order chi connectivity index (χ1) is 12.7. The van der Waals surface area contributed by atoms with E-state index in [9.17, 15) is 0 Å². The molecule has 0 spiro atoms. The molecule has 0 amide bonds. The molecule has 0 aliphatic rings. The van der Waals surface area contributed by atoms with Crippen LogP contribution in [0.2, 0.25) is 5.02 Å². The number of hydrogen-bond donors (Lipinski definition) is 2. The van der Waals surface area contributed by atoms with Crippen LogP contribution in [0.15, 0.2) is 42.9 Å². The van der Waals surface area contributed by atoms with Crippen molar-refractivity contribution in [1.82, 2.24) is 28.9 Å². The number of aryl methyl sites for hydroxylation is 1. The Morgan fingerprint density at radius 1 is 1.23 bits per heavy atom. The van der Waals surface area contributed by atoms with E-state index in [4.69, 9.17) is 11.6 Å². The maximum absolute atomic E-state index is 6.46. The molecule has 4 heterocycles. The van der Waals surface area contributed by atoms with Crippen LogP contribution in [0.5, 0.6) is 0 Å². The summed E-state index contributed by atoms with van der Waals surface area (Å²) in [7, 11) is 0. The van der Waals surface area contributed by atoms with Gasteiger partial charge in [0, 0.05) is 29.3 Å². The van der Waals surface area contributed by atoms with Crippen molar-refractivity contribution in [2.75, 3.05) is 5.32 Å². The molecule has 5 aromatic rings. The summed E-state index contributed by atoms with van der Waals surface area (Å²) in [6.45, 7) is 1.96. The van der Waals surface area contributed by atoms with Crippen molar-refractivity contribution < 1.29 is 0 Å². The summed E-state index contributed by atoms with van der Waals surface area (Å²) in [4.78, 5) is 9.17. The average Bonchev–Trinajstić information content (AvgIpc) is 3.35. The van der Waals surface area contributed by atoms with Crippen LogP contribution in [-0.4, -0.2) is 28.9 Å². The Labute approximate surface area is 156 Å². The lowest BCUT2D eigenvalue weighted by molar-refractivity contribution is 1.12. The molecule has 128 valence electrons. The van der Waals surface area contributed by atoms with Gasteiger partial charge in [-0.1, -0.05) is 11.6 Å². The molecule has 0 aliphatic heterocycles. The fourth-order valence-electron chi connectivity index (χ4n) is 2.89. The number of halogens is 1. The molecule has 9 heteroatoms. The Kier molecular flexibility index (Phi) is 3.41. The molecule has 2 N–H and O–H groups in total. The number of aromatic amines is 1. The Morgan fingerprint density at radius 2 is 2.15 bits per heavy atom. The van der Waals surface area contributed by atoms with Crippen LogP contribution in [0, 0.1) is 6.92 Å². The van der Waals surface area contributed by atoms with Crippen molar-refractivity contribution in [3.63, 3.8) is 0 Å². The number of pyridine rings is 1. The van der Waals surface area contributed by atoms with E-state index in [1.807, 2.05) is 48.0 Å². The molecule has 0 unspecified atom stereocenters. The standard InChI is InChI=1S/C17H12ClN7S/c1-9-8-25-6-2-3-10(16(25)20-9)15-22-17(26-24-15)21-13-5-4-12-11(14(13)18)7-19-23-12/h2-8H,1H3,(H,19,23)(H,21,22,24). The van der Waals surface area contributed by atoms with E-state index in [1.54, 1.807) is 6.20 Å². The van der Waals surface area contributed by atoms with E-state index in [2.05, 4.69) is 29.9 Å². The zero-order valence-corrected chi connectivity index (χ0v) is 15.1. The Hall–Kier alpha value is -2.97. The molecule has 1 aromatic carbocycles. The molecule has 0 aliphatic carbocycles. The van der Waals surface area contributed by atoms with Crippen molar-refractivity contribution in [1.29, 1.82) is 0 Å². The van der Waals surface area contributed by atoms with Crippen LogP contribution in [0.3, 0.4) is 0 Å². The summed E-state index contributed by atoms with van der Waals surface area (Å²) >= 11 is 7.74. The number of imidazole rings is 1. The number of aromatic nitrogens is 6. The molecule has 0 fully saturated rings. The van der Waals surface area contributed by atoms with Gasteiger partial charge in [-0.2, -0.15) is 14.5 Å². The second-order valence-corrected chi connectivity index (χ2v) is 6.97. The number of anilines is 2. The Bertz CT molecular complexity index is 1250. The number of fused-ring (bicyclic) bond motifs is 2. The lowest BCUT2D eigenvalue weighted by Gasteiger charge is -2.05. The summed E-state index contributed by atoms with van der Waals surface area (Å²) in [6, 6.07) is 7.74. The van der Waals surface area contributed by atoms with Gasteiger partial charge in [-0.15, -0.1) is 0 Å². The first-order valence-corrected chi connectivity index (χ1v) is 9.01. The molecule has 0 atom stereocenters. The summed E-state index contributed by atoms with van der Waals surface area (Å²) in [5.41, 5.74) is 4.33. The number of rotatable bonds is 3. The van der Waals surface area contributed by atoms with Crippen LogP contribution >= 0.6 is 23.1 Å². The van der Waals surface area contributed by atoms with Crippen molar-refractivity contribution in [2.45, 2.75) is 6.92 Å². The van der Waals surface area contributed by atoms with Gasteiger partial charge in [0.25, 0.3) is 0 Å². The van der Waals surface area contributed by atoms with Gasteiger partial charge in [0.15, 0.2) is 5.82 Å². The quantitative estimate of drug-likeness (QED) is 0.483. The average molecular weight is 382 g/mol. The fraction of sp³-hybridized carbons (Fsp3) is 0.0588. The number of nitrogens with one attached hydrogen (secondary N) is 2. The third kappa shape index (κ3) is 2.42. The number of H-pyrrole nitrogens is 1. The summed E-state index contributed by atoms with van der Waals surface area (Å²) < 4.78 is 6.45. The second kappa shape index (κ2) is 5.79. The van der Waals surface area contributed by atoms with Gasteiger partial charge in [0.1, 0.15) is 5.65 Å². The Morgan fingerprint density at radius 3 is 3.08 bits per heavy atom. The van der Waals surface area contributed by atoms with Crippen molar-refractivity contribution in [3.8, 4) is 11.4 Å². The summed E-state index contributed by atoms with van der Waals surface area (Å²) in [5.74, 6) is 0.634. The molecule has 0 saturated heterocycles. The zero-order chi connectivity index (χ0) is 17.7. The number of benzene rings is 1. The third-order valence-corrected chi connectivity index (χ3v) is 5.11. The maximum atomic E-state index is 6.46. The first-order valence-electron chi connectivity index (χ1n) is 7.86. The Balaban J connectivity index is 1.52. The molecule has 0 bridgehead atoms. The SMILES string of the molecule is Cc1cn2cccc(-c3nsc(Nc4ccc5[nH]ncc5c4Cl)n3)c2n1. The van der Waals surface area contributed by atoms with Gasteiger partial charge in [0.2, 0.25) is 5.13 Å². The molecule has 26 heavy (non-hydrogen) atoms. The molecule has 5 rings (SSSR count). The summed E-state index contributed by atoms with van der Waals surface area (Å²) in [6.07, 6.45) is 5.64. The van der Waals surface area contributed by atoms with Crippen molar-refractivity contribution in [3.05, 3.63) is 53.6 Å². The summed E-state index contributed by atoms with van der Waals surface area (Å²) in [5, 5.41) is 12.3. The largest absolute Gasteiger partial charge is 0.329 e. The smallest absolute Gasteiger partial charge is 0.207 e. The second-order valence-electron chi connectivity index (χ2n) is 5.84. The van der Waals surface area contributed by atoms with Crippen LogP contribution in [-0.2, 0) is 0 Å². The topological polar surface area (TPSA) is 83.8 Å². The van der Waals surface area contributed by atoms with Gasteiger partial charge < -0.3 is 9.72 Å². The van der Waals surface area contributed by atoms with E-state index in [1.165, 1.54) is 11.5 Å². The van der Waals surface area contributed by atoms with E-state index >= 15 is 0 Å². The van der Waals surface area contributed by atoms with E-state index in [0.29, 0.717) is 16.0 Å². The molecule has 4 aromatic heterocycles. The molecular weight excluding hydrogens is 370 g/mol. The highest BCUT2D eigenvalue weighted by atomic mass is 35.5. The highest BCUT2D eigenvalue weighted by Crippen LogP contribution is 2.33. The van der Waals surface area contributed by atoms with Gasteiger partial charge in [-0.25, -0.2) is 4.98 Å². The first kappa shape index (κ1) is 15.3. The van der Waals surface area contributed by atoms with Crippen molar-refractivity contribution in [2.24, 2.45) is 0 Å². The predicted molar refractivity (Wildman–Crippen MR) is 103 cm³/mol. The lowest BCUT2D eigenvalue weighted by Crippen LogP contribution is -1.92. The van der Waals surface area contributed by atoms with Crippen LogP contribution in [0.4, 0.5) is 10.8 Å². The van der Waals surface area contributed by atoms with Crippen molar-refractivity contribution >= 4 is 50.5 Å². The van der Waals surface area contributed by atoms with Gasteiger partial charge in [0.05, 0.1) is 33.7 Å². The minimum absolute atomic E-state index is 0.596. The van der Waals surface area contributed by atoms with E-state index in [-0.39, 0.29) is 0 Å². The fourth-order valence-corrected chi connectivity index (χ4v) is 3.74. The highest BCUT2D eigenvalue weighted by Gasteiger charge is 2.14. The third-order valence-electron chi connectivity index (χ3n) is 4.07. The molecule has 7 nitrogen and oxygen atoms in total. The van der Waals surface area contributed by atoms with Gasteiger partial charge >= 0.3 is 0 Å². The van der Waals surface area contributed by atoms with Gasteiger partial charge in [-0.05, 0) is 31.2 Å². The van der Waals surface area contributed by atoms with Crippen LogP contribution < -0.4 is 5.32 Å². The maximum Gasteiger partial charge on any atom is 0.207 e. The molecular formula is C17H12ClN7S. The van der Waals surface area contributed by atoms with Crippen LogP contribution in [0.1, 0.15) is 5.69 Å². The minimum atomic E-state index is 0.596. The number of hydrogen-bond acceptors (Lipinski definition) is 6. The monoisotopic (exact) mass is 381 g/mol. The predicted octanol–water partition coefficient (Wildman–Crippen LogP) is 4.43. The molecule has 0 saturated carbocycles. The number of nitrogens with zero attached hydrogens (tertiary/aromatic N) is 5. The van der Waals surface area contributed by atoms with Crippen LogP contribution in [0.25, 0.3) is 27.9 Å². The zero-order valence-electron chi connectivity index (χ0n) is 13.6. The van der Waals surface area contributed by atoms with E-state index < -0.39 is 0 Å². The minimum Gasteiger partial charge on any atom is -0.329 e. The lowest BCUT2D eigenvalue weighted by atomic mass is 10.2. The van der Waals surface area contributed by atoms with E-state index in [0.717, 1.165) is 33.5 Å². The molecule has 0 radical (unpaired) electrons. The normalized spacial score (nSPS) is 11.5. The van der Waals surface area contributed by atoms with Gasteiger partial charge in [-0.3, -0.25) is 5.10 Å².